The molecule has 1 fully saturated rings. The van der Waals surface area contributed by atoms with Gasteiger partial charge in [0.1, 0.15) is 5.75 Å². The highest BCUT2D eigenvalue weighted by Crippen LogP contribution is 2.16. The molecule has 0 atom stereocenters. The molecule has 82 valence electrons. The highest BCUT2D eigenvalue weighted by atomic mass is 35.5. The lowest BCUT2D eigenvalue weighted by molar-refractivity contribution is 0.0878. The Bertz CT molecular complexity index is 333. The maximum Gasteiger partial charge on any atom is 0.168 e. The molecule has 0 saturated carbocycles. The van der Waals surface area contributed by atoms with Crippen LogP contribution in [-0.2, 0) is 0 Å². The van der Waals surface area contributed by atoms with Crippen LogP contribution in [0.1, 0.15) is 10.4 Å². The van der Waals surface area contributed by atoms with E-state index in [9.17, 15) is 4.79 Å². The molecule has 0 aliphatic carbocycles. The van der Waals surface area contributed by atoms with Crippen LogP contribution in [0.15, 0.2) is 24.3 Å². The number of hydrogen-bond donors (Lipinski definition) is 1. The average molecular weight is 228 g/mol. The summed E-state index contributed by atoms with van der Waals surface area (Å²) in [6, 6.07) is 7.28. The number of Topliss-reactive ketones (excluding diaryl/α,β-unsaturated/α-hetero) is 1. The summed E-state index contributed by atoms with van der Waals surface area (Å²) in [7, 11) is 1.62. The predicted octanol–water partition coefficient (Wildman–Crippen LogP) is 1.52. The molecule has 0 spiro atoms. The van der Waals surface area contributed by atoms with Crippen molar-refractivity contribution < 1.29 is 9.53 Å². The molecular weight excluding hydrogens is 214 g/mol. The molecular formula is C11H14ClNO2. The molecule has 0 aromatic heterocycles. The van der Waals surface area contributed by atoms with E-state index in [1.54, 1.807) is 7.11 Å². The molecule has 4 heteroatoms. The minimum atomic E-state index is 0. The lowest BCUT2D eigenvalue weighted by Gasteiger charge is -2.25. The van der Waals surface area contributed by atoms with E-state index in [-0.39, 0.29) is 24.1 Å². The van der Waals surface area contributed by atoms with Crippen molar-refractivity contribution in [3.05, 3.63) is 29.8 Å². The van der Waals surface area contributed by atoms with Crippen molar-refractivity contribution in [2.24, 2.45) is 5.92 Å². The second-order valence-electron chi connectivity index (χ2n) is 3.45. The lowest BCUT2D eigenvalue weighted by Crippen LogP contribution is -2.46. The fourth-order valence-corrected chi connectivity index (χ4v) is 1.47. The van der Waals surface area contributed by atoms with Crippen LogP contribution in [-0.4, -0.2) is 26.0 Å². The minimum Gasteiger partial charge on any atom is -0.497 e. The number of ketones is 1. The third kappa shape index (κ3) is 2.49. The molecule has 1 aliphatic heterocycles. The summed E-state index contributed by atoms with van der Waals surface area (Å²) in [4.78, 5) is 11.7. The maximum absolute atomic E-state index is 11.7. The number of hydrogen-bond acceptors (Lipinski definition) is 3. The average Bonchev–Trinajstić information content (AvgIpc) is 2.15. The Labute approximate surface area is 95.2 Å². The van der Waals surface area contributed by atoms with Crippen molar-refractivity contribution in [2.45, 2.75) is 0 Å². The number of nitrogens with one attached hydrogen (secondary N) is 1. The molecule has 1 N–H and O–H groups in total. The Balaban J connectivity index is 0.00000112. The van der Waals surface area contributed by atoms with Crippen molar-refractivity contribution in [1.82, 2.24) is 5.32 Å². The highest BCUT2D eigenvalue weighted by molar-refractivity contribution is 5.98. The summed E-state index contributed by atoms with van der Waals surface area (Å²) in [5.41, 5.74) is 0.775. The van der Waals surface area contributed by atoms with E-state index in [4.69, 9.17) is 4.74 Å². The largest absolute Gasteiger partial charge is 0.497 e. The zero-order valence-electron chi connectivity index (χ0n) is 8.53. The normalized spacial score (nSPS) is 15.0. The van der Waals surface area contributed by atoms with Gasteiger partial charge >= 0.3 is 0 Å². The van der Waals surface area contributed by atoms with Crippen LogP contribution in [0.4, 0.5) is 0 Å². The summed E-state index contributed by atoms with van der Waals surface area (Å²) >= 11 is 0. The standard InChI is InChI=1S/C11H13NO2.ClH/c1-14-10-4-2-8(3-5-10)11(13)9-6-12-7-9;/h2-5,9,12H,6-7H2,1H3;1H. The highest BCUT2D eigenvalue weighted by Gasteiger charge is 2.25. The van der Waals surface area contributed by atoms with Crippen LogP contribution in [0.25, 0.3) is 0 Å². The van der Waals surface area contributed by atoms with E-state index < -0.39 is 0 Å². The number of halogens is 1. The van der Waals surface area contributed by atoms with E-state index in [1.807, 2.05) is 24.3 Å². The molecule has 0 amide bonds. The zero-order chi connectivity index (χ0) is 9.97. The maximum atomic E-state index is 11.7. The molecule has 1 aromatic rings. The molecule has 15 heavy (non-hydrogen) atoms. The van der Waals surface area contributed by atoms with Gasteiger partial charge in [0.25, 0.3) is 0 Å². The van der Waals surface area contributed by atoms with E-state index in [0.717, 1.165) is 24.4 Å². The fourth-order valence-electron chi connectivity index (χ4n) is 1.47. The van der Waals surface area contributed by atoms with Crippen LogP contribution >= 0.6 is 12.4 Å². The third-order valence-electron chi connectivity index (χ3n) is 2.53. The molecule has 0 radical (unpaired) electrons. The molecule has 0 bridgehead atoms. The second kappa shape index (κ2) is 5.14. The zero-order valence-corrected chi connectivity index (χ0v) is 9.34. The monoisotopic (exact) mass is 227 g/mol. The van der Waals surface area contributed by atoms with E-state index >= 15 is 0 Å². The smallest absolute Gasteiger partial charge is 0.168 e. The Morgan fingerprint density at radius 2 is 1.93 bits per heavy atom. The molecule has 1 aliphatic rings. The molecule has 1 saturated heterocycles. The first-order valence-electron chi connectivity index (χ1n) is 4.70. The molecule has 3 nitrogen and oxygen atoms in total. The Kier molecular flexibility index (Phi) is 4.12. The van der Waals surface area contributed by atoms with Crippen molar-refractivity contribution in [3.63, 3.8) is 0 Å². The van der Waals surface area contributed by atoms with Gasteiger partial charge in [0.15, 0.2) is 5.78 Å². The molecule has 0 unspecified atom stereocenters. The van der Waals surface area contributed by atoms with Crippen LogP contribution in [0.3, 0.4) is 0 Å². The van der Waals surface area contributed by atoms with Gasteiger partial charge in [0, 0.05) is 24.6 Å². The van der Waals surface area contributed by atoms with Gasteiger partial charge in [-0.25, -0.2) is 0 Å². The number of ether oxygens (including phenoxy) is 1. The van der Waals surface area contributed by atoms with Gasteiger partial charge < -0.3 is 10.1 Å². The van der Waals surface area contributed by atoms with Gasteiger partial charge in [-0.2, -0.15) is 0 Å². The summed E-state index contributed by atoms with van der Waals surface area (Å²) in [5, 5.41) is 3.09. The number of methoxy groups -OCH3 is 1. The van der Waals surface area contributed by atoms with Gasteiger partial charge in [-0.1, -0.05) is 0 Å². The number of carbonyl (C=O) groups is 1. The first kappa shape index (κ1) is 12.0. The van der Waals surface area contributed by atoms with Gasteiger partial charge in [0.2, 0.25) is 0 Å². The van der Waals surface area contributed by atoms with Crippen molar-refractivity contribution in [2.75, 3.05) is 20.2 Å². The van der Waals surface area contributed by atoms with Crippen LogP contribution in [0.2, 0.25) is 0 Å². The van der Waals surface area contributed by atoms with E-state index in [1.165, 1.54) is 0 Å². The SMILES string of the molecule is COc1ccc(C(=O)C2CNC2)cc1.Cl. The van der Waals surface area contributed by atoms with Crippen LogP contribution in [0.5, 0.6) is 5.75 Å². The van der Waals surface area contributed by atoms with Gasteiger partial charge in [-0.3, -0.25) is 4.79 Å². The van der Waals surface area contributed by atoms with Crippen LogP contribution in [0, 0.1) is 5.92 Å². The molecule has 1 heterocycles. The van der Waals surface area contributed by atoms with Gasteiger partial charge in [-0.05, 0) is 24.3 Å². The van der Waals surface area contributed by atoms with E-state index in [2.05, 4.69) is 5.32 Å². The first-order valence-corrected chi connectivity index (χ1v) is 4.70. The summed E-state index contributed by atoms with van der Waals surface area (Å²) < 4.78 is 5.03. The summed E-state index contributed by atoms with van der Waals surface area (Å²) in [6.07, 6.45) is 0. The third-order valence-corrected chi connectivity index (χ3v) is 2.53. The number of carbonyl (C=O) groups excluding carboxylic acids is 1. The van der Waals surface area contributed by atoms with Gasteiger partial charge in [-0.15, -0.1) is 12.4 Å². The van der Waals surface area contributed by atoms with Crippen molar-refractivity contribution in [3.8, 4) is 5.75 Å². The quantitative estimate of drug-likeness (QED) is 0.796. The van der Waals surface area contributed by atoms with Crippen molar-refractivity contribution >= 4 is 18.2 Å². The van der Waals surface area contributed by atoms with Crippen molar-refractivity contribution in [1.29, 1.82) is 0 Å². The lowest BCUT2D eigenvalue weighted by atomic mass is 9.93. The minimum absolute atomic E-state index is 0. The first-order chi connectivity index (χ1) is 6.81. The Morgan fingerprint density at radius 1 is 1.33 bits per heavy atom. The Morgan fingerprint density at radius 3 is 2.33 bits per heavy atom. The number of rotatable bonds is 3. The summed E-state index contributed by atoms with van der Waals surface area (Å²) in [5.74, 6) is 1.18. The van der Waals surface area contributed by atoms with Crippen LogP contribution < -0.4 is 10.1 Å². The number of benzene rings is 1. The Hall–Kier alpha value is -1.06. The predicted molar refractivity (Wildman–Crippen MR) is 60.9 cm³/mol. The van der Waals surface area contributed by atoms with E-state index in [0.29, 0.717) is 0 Å². The second-order valence-corrected chi connectivity index (χ2v) is 3.45. The topological polar surface area (TPSA) is 38.3 Å². The van der Waals surface area contributed by atoms with Gasteiger partial charge in [0.05, 0.1) is 7.11 Å². The molecule has 2 rings (SSSR count). The summed E-state index contributed by atoms with van der Waals surface area (Å²) in [6.45, 7) is 1.62. The molecule has 1 aromatic carbocycles. The fraction of sp³-hybridized carbons (Fsp3) is 0.364.